The van der Waals surface area contributed by atoms with E-state index in [-0.39, 0.29) is 56.1 Å². The summed E-state index contributed by atoms with van der Waals surface area (Å²) in [7, 11) is -2.73. The summed E-state index contributed by atoms with van der Waals surface area (Å²) in [4.78, 5) is 41.3. The average Bonchev–Trinajstić information content (AvgIpc) is 3.23. The standard InChI is InChI=1S/C28H26FN3O7S/c1-38-21-9-7-20(8-10-21)31(12-13-32-27(34)22-4-2-3-5-23(22)28(32)35)26(33)19-6-11-24(29)25(18-19)40(36,37)30-14-16-39-17-15-30/h2-11,18H,12-17H2,1H3. The monoisotopic (exact) mass is 567 g/mol. The van der Waals surface area contributed by atoms with E-state index in [1.165, 1.54) is 18.1 Å². The quantitative estimate of drug-likeness (QED) is 0.385. The summed E-state index contributed by atoms with van der Waals surface area (Å²) < 4.78 is 52.7. The van der Waals surface area contributed by atoms with Crippen LogP contribution in [0, 0.1) is 5.82 Å². The van der Waals surface area contributed by atoms with Crippen LogP contribution in [0.3, 0.4) is 0 Å². The van der Waals surface area contributed by atoms with E-state index >= 15 is 0 Å². The number of nitrogens with zero attached hydrogens (tertiary/aromatic N) is 3. The zero-order valence-electron chi connectivity index (χ0n) is 21.6. The zero-order chi connectivity index (χ0) is 28.4. The molecule has 0 N–H and O–H groups in total. The van der Waals surface area contributed by atoms with E-state index in [1.807, 2.05) is 0 Å². The predicted molar refractivity (Wildman–Crippen MR) is 142 cm³/mol. The van der Waals surface area contributed by atoms with E-state index in [0.29, 0.717) is 11.4 Å². The van der Waals surface area contributed by atoms with Crippen molar-refractivity contribution in [3.8, 4) is 5.75 Å². The highest BCUT2D eigenvalue weighted by Gasteiger charge is 2.36. The summed E-state index contributed by atoms with van der Waals surface area (Å²) in [5.41, 5.74) is 0.897. The first-order valence-electron chi connectivity index (χ1n) is 12.5. The third kappa shape index (κ3) is 5.08. The molecule has 3 amide bonds. The first kappa shape index (κ1) is 27.4. The Morgan fingerprint density at radius 2 is 1.60 bits per heavy atom. The number of carbonyl (C=O) groups excluding carboxylic acids is 3. The molecule has 2 aliphatic heterocycles. The lowest BCUT2D eigenvalue weighted by Crippen LogP contribution is -2.42. The van der Waals surface area contributed by atoms with Gasteiger partial charge in [-0.25, -0.2) is 12.8 Å². The zero-order valence-corrected chi connectivity index (χ0v) is 22.4. The number of ether oxygens (including phenoxy) is 2. The maximum absolute atomic E-state index is 14.8. The lowest BCUT2D eigenvalue weighted by atomic mass is 10.1. The van der Waals surface area contributed by atoms with Crippen molar-refractivity contribution >= 4 is 33.4 Å². The van der Waals surface area contributed by atoms with Crippen molar-refractivity contribution in [1.29, 1.82) is 0 Å². The second kappa shape index (κ2) is 11.2. The minimum absolute atomic E-state index is 0.0677. The molecular weight excluding hydrogens is 541 g/mol. The van der Waals surface area contributed by atoms with Gasteiger partial charge in [-0.1, -0.05) is 12.1 Å². The molecule has 2 heterocycles. The number of anilines is 1. The lowest BCUT2D eigenvalue weighted by molar-refractivity contribution is 0.0654. The average molecular weight is 568 g/mol. The molecule has 12 heteroatoms. The highest BCUT2D eigenvalue weighted by molar-refractivity contribution is 7.89. The second-order valence-electron chi connectivity index (χ2n) is 9.12. The van der Waals surface area contributed by atoms with E-state index in [0.717, 1.165) is 21.3 Å². The van der Waals surface area contributed by atoms with Crippen LogP contribution < -0.4 is 9.64 Å². The molecule has 0 unspecified atom stereocenters. The van der Waals surface area contributed by atoms with E-state index < -0.39 is 38.5 Å². The van der Waals surface area contributed by atoms with E-state index in [1.54, 1.807) is 48.5 Å². The molecule has 0 aromatic heterocycles. The van der Waals surface area contributed by atoms with Crippen LogP contribution in [0.4, 0.5) is 10.1 Å². The number of fused-ring (bicyclic) bond motifs is 1. The van der Waals surface area contributed by atoms with Gasteiger partial charge < -0.3 is 14.4 Å². The first-order valence-corrected chi connectivity index (χ1v) is 13.9. The van der Waals surface area contributed by atoms with Gasteiger partial charge in [-0.15, -0.1) is 0 Å². The molecule has 10 nitrogen and oxygen atoms in total. The molecule has 0 atom stereocenters. The van der Waals surface area contributed by atoms with Crippen molar-refractivity contribution in [2.45, 2.75) is 4.90 Å². The Morgan fingerprint density at radius 1 is 0.975 bits per heavy atom. The number of carbonyl (C=O) groups is 3. The van der Waals surface area contributed by atoms with Crippen LogP contribution in [0.25, 0.3) is 0 Å². The number of methoxy groups -OCH3 is 1. The first-order chi connectivity index (χ1) is 19.2. The van der Waals surface area contributed by atoms with Gasteiger partial charge in [-0.2, -0.15) is 4.31 Å². The minimum atomic E-state index is -4.23. The molecule has 3 aromatic carbocycles. The Balaban J connectivity index is 1.46. The van der Waals surface area contributed by atoms with Crippen molar-refractivity contribution in [1.82, 2.24) is 9.21 Å². The Hall–Kier alpha value is -4.13. The summed E-state index contributed by atoms with van der Waals surface area (Å²) in [6, 6.07) is 16.1. The maximum Gasteiger partial charge on any atom is 0.261 e. The van der Waals surface area contributed by atoms with Crippen LogP contribution in [0.15, 0.2) is 71.6 Å². The van der Waals surface area contributed by atoms with Crippen molar-refractivity contribution in [2.24, 2.45) is 0 Å². The molecule has 3 aromatic rings. The van der Waals surface area contributed by atoms with Crippen molar-refractivity contribution in [3.05, 3.63) is 89.2 Å². The smallest absolute Gasteiger partial charge is 0.261 e. The molecule has 2 aliphatic rings. The van der Waals surface area contributed by atoms with E-state index in [4.69, 9.17) is 9.47 Å². The van der Waals surface area contributed by atoms with Gasteiger partial charge in [0.2, 0.25) is 10.0 Å². The number of amides is 3. The fourth-order valence-corrected chi connectivity index (χ4v) is 6.17. The van der Waals surface area contributed by atoms with Crippen molar-refractivity contribution in [3.63, 3.8) is 0 Å². The number of morpholine rings is 1. The summed E-state index contributed by atoms with van der Waals surface area (Å²) in [6.45, 7) is 0.283. The molecule has 0 bridgehead atoms. The third-order valence-electron chi connectivity index (χ3n) is 6.82. The Morgan fingerprint density at radius 3 is 2.20 bits per heavy atom. The molecule has 208 valence electrons. The summed E-state index contributed by atoms with van der Waals surface area (Å²) in [5.74, 6) is -2.02. The SMILES string of the molecule is COc1ccc(N(CCN2C(=O)c3ccccc3C2=O)C(=O)c2ccc(F)c(S(=O)(=O)N3CCOCC3)c2)cc1. The summed E-state index contributed by atoms with van der Waals surface area (Å²) in [5, 5.41) is 0. The van der Waals surface area contributed by atoms with Crippen molar-refractivity contribution in [2.75, 3.05) is 51.4 Å². The molecule has 0 radical (unpaired) electrons. The number of halogens is 1. The van der Waals surface area contributed by atoms with Gasteiger partial charge in [0.25, 0.3) is 17.7 Å². The van der Waals surface area contributed by atoms with Crippen LogP contribution in [-0.4, -0.2) is 81.8 Å². The van der Waals surface area contributed by atoms with E-state index in [2.05, 4.69) is 0 Å². The predicted octanol–water partition coefficient (Wildman–Crippen LogP) is 2.80. The Kier molecular flexibility index (Phi) is 7.66. The van der Waals surface area contributed by atoms with Gasteiger partial charge in [0.15, 0.2) is 0 Å². The number of hydrogen-bond donors (Lipinski definition) is 0. The van der Waals surface area contributed by atoms with Crippen LogP contribution in [0.1, 0.15) is 31.1 Å². The molecule has 1 saturated heterocycles. The number of imide groups is 1. The highest BCUT2D eigenvalue weighted by atomic mass is 32.2. The minimum Gasteiger partial charge on any atom is -0.497 e. The molecule has 5 rings (SSSR count). The molecule has 0 saturated carbocycles. The Labute approximate surface area is 230 Å². The van der Waals surface area contributed by atoms with Gasteiger partial charge >= 0.3 is 0 Å². The second-order valence-corrected chi connectivity index (χ2v) is 11.0. The van der Waals surface area contributed by atoms with Gasteiger partial charge in [0, 0.05) is 37.4 Å². The topological polar surface area (TPSA) is 114 Å². The van der Waals surface area contributed by atoms with Gasteiger partial charge in [-0.05, 0) is 54.6 Å². The molecular formula is C28H26FN3O7S. The fourth-order valence-electron chi connectivity index (χ4n) is 4.67. The van der Waals surface area contributed by atoms with Crippen LogP contribution in [0.5, 0.6) is 5.75 Å². The largest absolute Gasteiger partial charge is 0.497 e. The van der Waals surface area contributed by atoms with E-state index in [9.17, 15) is 27.2 Å². The fraction of sp³-hybridized carbons (Fsp3) is 0.250. The summed E-state index contributed by atoms with van der Waals surface area (Å²) in [6.07, 6.45) is 0. The lowest BCUT2D eigenvalue weighted by Gasteiger charge is -2.27. The maximum atomic E-state index is 14.8. The van der Waals surface area contributed by atoms with Gasteiger partial charge in [-0.3, -0.25) is 19.3 Å². The molecule has 40 heavy (non-hydrogen) atoms. The number of sulfonamides is 1. The number of benzene rings is 3. The van der Waals surface area contributed by atoms with Crippen LogP contribution >= 0.6 is 0 Å². The molecule has 0 aliphatic carbocycles. The summed E-state index contributed by atoms with van der Waals surface area (Å²) >= 11 is 0. The van der Waals surface area contributed by atoms with Crippen LogP contribution in [0.2, 0.25) is 0 Å². The number of rotatable bonds is 8. The number of hydrogen-bond acceptors (Lipinski definition) is 7. The van der Waals surface area contributed by atoms with Crippen LogP contribution in [-0.2, 0) is 14.8 Å². The van der Waals surface area contributed by atoms with Gasteiger partial charge in [0.1, 0.15) is 16.5 Å². The van der Waals surface area contributed by atoms with Gasteiger partial charge in [0.05, 0.1) is 31.5 Å². The highest BCUT2D eigenvalue weighted by Crippen LogP contribution is 2.27. The third-order valence-corrected chi connectivity index (χ3v) is 8.73. The normalized spacial score (nSPS) is 15.7. The Bertz CT molecular complexity index is 1540. The molecule has 0 spiro atoms. The molecule has 1 fully saturated rings. The van der Waals surface area contributed by atoms with Crippen molar-refractivity contribution < 1.29 is 36.7 Å².